The van der Waals surface area contributed by atoms with E-state index in [-0.39, 0.29) is 36.0 Å². The molecule has 0 saturated carbocycles. The number of amides is 1. The number of nitrogens with one attached hydrogen (secondary N) is 1. The Kier molecular flexibility index (Phi) is 6.89. The number of carbonyl (C=O) groups is 1. The number of ether oxygens (including phenoxy) is 1. The fourth-order valence-electron chi connectivity index (χ4n) is 2.94. The number of nitrogens with zero attached hydrogens (tertiary/aromatic N) is 2. The number of hydrogen-bond donors (Lipinski definition) is 1. The lowest BCUT2D eigenvalue weighted by molar-refractivity contribution is -0.121. The zero-order valence-corrected chi connectivity index (χ0v) is 15.0. The minimum atomic E-state index is -0.712. The molecule has 1 fully saturated rings. The largest absolute Gasteiger partial charge is 0.441 e. The van der Waals surface area contributed by atoms with E-state index in [1.54, 1.807) is 0 Å². The number of benzene rings is 1. The first-order valence-corrected chi connectivity index (χ1v) is 9.09. The van der Waals surface area contributed by atoms with Crippen molar-refractivity contribution < 1.29 is 22.7 Å². The van der Waals surface area contributed by atoms with Gasteiger partial charge in [-0.15, -0.1) is 0 Å². The van der Waals surface area contributed by atoms with E-state index in [4.69, 9.17) is 9.15 Å². The maximum atomic E-state index is 13.8. The second kappa shape index (κ2) is 9.57. The summed E-state index contributed by atoms with van der Waals surface area (Å²) >= 11 is 0. The summed E-state index contributed by atoms with van der Waals surface area (Å²) in [5.41, 5.74) is -0.246. The Balaban J connectivity index is 1.40. The predicted molar refractivity (Wildman–Crippen MR) is 95.1 cm³/mol. The number of morpholine rings is 1. The van der Waals surface area contributed by atoms with Crippen molar-refractivity contribution in [1.82, 2.24) is 15.2 Å². The molecule has 0 spiro atoms. The van der Waals surface area contributed by atoms with Crippen LogP contribution in [0.25, 0.3) is 11.3 Å². The number of oxazole rings is 1. The van der Waals surface area contributed by atoms with Crippen molar-refractivity contribution in [3.8, 4) is 11.3 Å². The highest BCUT2D eigenvalue weighted by Gasteiger charge is 2.16. The molecular formula is C19H23F2N3O3. The molecule has 1 saturated heterocycles. The number of rotatable bonds is 8. The summed E-state index contributed by atoms with van der Waals surface area (Å²) in [4.78, 5) is 18.2. The average Bonchev–Trinajstić information content (AvgIpc) is 3.13. The number of hydrogen-bond acceptors (Lipinski definition) is 5. The molecule has 0 bridgehead atoms. The minimum absolute atomic E-state index is 0.0199. The highest BCUT2D eigenvalue weighted by molar-refractivity contribution is 5.76. The molecule has 1 amide bonds. The SMILES string of the molecule is O=C(CCc1ncc(-c2c(F)cccc2F)o1)NCCCN1CCOCC1. The monoisotopic (exact) mass is 379 g/mol. The molecule has 27 heavy (non-hydrogen) atoms. The molecule has 2 heterocycles. The van der Waals surface area contributed by atoms with E-state index >= 15 is 0 Å². The fourth-order valence-corrected chi connectivity index (χ4v) is 2.94. The Morgan fingerprint density at radius 3 is 2.70 bits per heavy atom. The van der Waals surface area contributed by atoms with Crippen LogP contribution >= 0.6 is 0 Å². The van der Waals surface area contributed by atoms with Crippen LogP contribution in [0.5, 0.6) is 0 Å². The highest BCUT2D eigenvalue weighted by atomic mass is 19.1. The fraction of sp³-hybridized carbons (Fsp3) is 0.474. The van der Waals surface area contributed by atoms with Crippen molar-refractivity contribution >= 4 is 5.91 Å². The van der Waals surface area contributed by atoms with Gasteiger partial charge in [-0.3, -0.25) is 9.69 Å². The number of halogens is 2. The van der Waals surface area contributed by atoms with Crippen LogP contribution in [0.1, 0.15) is 18.7 Å². The van der Waals surface area contributed by atoms with E-state index in [9.17, 15) is 13.6 Å². The molecular weight excluding hydrogens is 356 g/mol. The van der Waals surface area contributed by atoms with Gasteiger partial charge in [0, 0.05) is 32.5 Å². The molecule has 6 nitrogen and oxygen atoms in total. The first-order valence-electron chi connectivity index (χ1n) is 9.09. The highest BCUT2D eigenvalue weighted by Crippen LogP contribution is 2.26. The van der Waals surface area contributed by atoms with Gasteiger partial charge in [-0.05, 0) is 25.1 Å². The van der Waals surface area contributed by atoms with Crippen LogP contribution in [0.4, 0.5) is 8.78 Å². The smallest absolute Gasteiger partial charge is 0.220 e. The molecule has 1 aliphatic heterocycles. The first kappa shape index (κ1) is 19.4. The summed E-state index contributed by atoms with van der Waals surface area (Å²) in [7, 11) is 0. The third kappa shape index (κ3) is 5.58. The van der Waals surface area contributed by atoms with Crippen LogP contribution < -0.4 is 5.32 Å². The normalized spacial score (nSPS) is 15.0. The Morgan fingerprint density at radius 2 is 1.96 bits per heavy atom. The van der Waals surface area contributed by atoms with Crippen LogP contribution in [0.15, 0.2) is 28.8 Å². The van der Waals surface area contributed by atoms with Crippen molar-refractivity contribution in [1.29, 1.82) is 0 Å². The van der Waals surface area contributed by atoms with Crippen LogP contribution in [0.3, 0.4) is 0 Å². The Bertz CT molecular complexity index is 740. The second-order valence-electron chi connectivity index (χ2n) is 6.37. The number of aromatic nitrogens is 1. The van der Waals surface area contributed by atoms with Gasteiger partial charge in [-0.25, -0.2) is 13.8 Å². The zero-order chi connectivity index (χ0) is 19.1. The summed E-state index contributed by atoms with van der Waals surface area (Å²) in [5, 5.41) is 2.86. The van der Waals surface area contributed by atoms with Gasteiger partial charge in [0.05, 0.1) is 25.0 Å². The summed E-state index contributed by atoms with van der Waals surface area (Å²) in [5.74, 6) is -1.23. The molecule has 0 radical (unpaired) electrons. The molecule has 0 unspecified atom stereocenters. The third-order valence-electron chi connectivity index (χ3n) is 4.41. The zero-order valence-electron chi connectivity index (χ0n) is 15.0. The maximum absolute atomic E-state index is 13.8. The number of carbonyl (C=O) groups excluding carboxylic acids is 1. The van der Waals surface area contributed by atoms with Gasteiger partial charge in [0.1, 0.15) is 11.6 Å². The van der Waals surface area contributed by atoms with Gasteiger partial charge < -0.3 is 14.5 Å². The molecule has 8 heteroatoms. The van der Waals surface area contributed by atoms with Gasteiger partial charge in [0.25, 0.3) is 0 Å². The molecule has 1 N–H and O–H groups in total. The van der Waals surface area contributed by atoms with E-state index in [1.807, 2.05) is 0 Å². The lowest BCUT2D eigenvalue weighted by Crippen LogP contribution is -2.38. The van der Waals surface area contributed by atoms with Gasteiger partial charge >= 0.3 is 0 Å². The van der Waals surface area contributed by atoms with E-state index < -0.39 is 11.6 Å². The molecule has 146 valence electrons. The Labute approximate surface area is 156 Å². The summed E-state index contributed by atoms with van der Waals surface area (Å²) < 4.78 is 38.2. The topological polar surface area (TPSA) is 67.6 Å². The summed E-state index contributed by atoms with van der Waals surface area (Å²) in [6, 6.07) is 3.60. The van der Waals surface area contributed by atoms with Crippen LogP contribution in [0.2, 0.25) is 0 Å². The van der Waals surface area contributed by atoms with Gasteiger partial charge in [0.15, 0.2) is 11.7 Å². The molecule has 0 aliphatic carbocycles. The Hall–Kier alpha value is -2.32. The maximum Gasteiger partial charge on any atom is 0.220 e. The van der Waals surface area contributed by atoms with Crippen molar-refractivity contribution in [3.05, 3.63) is 41.9 Å². The first-order chi connectivity index (χ1) is 13.1. The van der Waals surface area contributed by atoms with Gasteiger partial charge in [-0.2, -0.15) is 0 Å². The third-order valence-corrected chi connectivity index (χ3v) is 4.41. The summed E-state index contributed by atoms with van der Waals surface area (Å²) in [6.07, 6.45) is 2.63. The van der Waals surface area contributed by atoms with Gasteiger partial charge in [0.2, 0.25) is 5.91 Å². The molecule has 1 aromatic carbocycles. The molecule has 1 aliphatic rings. The average molecular weight is 379 g/mol. The van der Waals surface area contributed by atoms with Crippen molar-refractivity contribution in [2.45, 2.75) is 19.3 Å². The molecule has 3 rings (SSSR count). The molecule has 0 atom stereocenters. The van der Waals surface area contributed by atoms with Crippen molar-refractivity contribution in [3.63, 3.8) is 0 Å². The summed E-state index contributed by atoms with van der Waals surface area (Å²) in [6.45, 7) is 4.93. The molecule has 1 aromatic heterocycles. The van der Waals surface area contributed by atoms with E-state index in [2.05, 4.69) is 15.2 Å². The lowest BCUT2D eigenvalue weighted by atomic mass is 10.1. The minimum Gasteiger partial charge on any atom is -0.441 e. The second-order valence-corrected chi connectivity index (χ2v) is 6.37. The van der Waals surface area contributed by atoms with Crippen LogP contribution in [-0.2, 0) is 16.0 Å². The standard InChI is InChI=1S/C19H23F2N3O3/c20-14-3-1-4-15(21)19(14)16-13-23-18(27-16)6-5-17(25)22-7-2-8-24-9-11-26-12-10-24/h1,3-4,13H,2,5-12H2,(H,22,25). The van der Waals surface area contributed by atoms with E-state index in [0.717, 1.165) is 51.4 Å². The predicted octanol–water partition coefficient (Wildman–Crippen LogP) is 2.39. The van der Waals surface area contributed by atoms with Crippen molar-refractivity contribution in [2.24, 2.45) is 0 Å². The molecule has 2 aromatic rings. The Morgan fingerprint density at radius 1 is 1.22 bits per heavy atom. The van der Waals surface area contributed by atoms with E-state index in [1.165, 1.54) is 12.3 Å². The van der Waals surface area contributed by atoms with Crippen LogP contribution in [-0.4, -0.2) is 55.2 Å². The number of aryl methyl sites for hydroxylation is 1. The van der Waals surface area contributed by atoms with Crippen LogP contribution in [0, 0.1) is 11.6 Å². The van der Waals surface area contributed by atoms with Gasteiger partial charge in [-0.1, -0.05) is 6.07 Å². The quantitative estimate of drug-likeness (QED) is 0.714. The van der Waals surface area contributed by atoms with Crippen molar-refractivity contribution in [2.75, 3.05) is 39.4 Å². The lowest BCUT2D eigenvalue weighted by Gasteiger charge is -2.26. The van der Waals surface area contributed by atoms with E-state index in [0.29, 0.717) is 6.54 Å².